The summed E-state index contributed by atoms with van der Waals surface area (Å²) in [7, 11) is 2.97. The Labute approximate surface area is 149 Å². The van der Waals surface area contributed by atoms with Gasteiger partial charge in [-0.05, 0) is 12.5 Å². The average molecular weight is 355 g/mol. The summed E-state index contributed by atoms with van der Waals surface area (Å²) in [6.45, 7) is 2.95. The first-order chi connectivity index (χ1) is 12.4. The molecule has 0 atom stereocenters. The molecule has 3 aromatic rings. The fourth-order valence-electron chi connectivity index (χ4n) is 2.94. The molecule has 0 aliphatic heterocycles. The average Bonchev–Trinajstić information content (AvgIpc) is 3.07. The minimum absolute atomic E-state index is 0.00931. The number of carbonyl (C=O) groups excluding carboxylic acids is 1. The number of hydrogen-bond donors (Lipinski definition) is 0. The Morgan fingerprint density at radius 3 is 2.46 bits per heavy atom. The summed E-state index contributed by atoms with van der Waals surface area (Å²) < 4.78 is 3.83. The highest BCUT2D eigenvalue weighted by atomic mass is 16.2. The van der Waals surface area contributed by atoms with Crippen LogP contribution in [-0.2, 0) is 32.0 Å². The quantitative estimate of drug-likeness (QED) is 0.667. The number of likely N-dealkylation sites (N-methyl/N-ethyl adjacent to an activating group) is 1. The van der Waals surface area contributed by atoms with Crippen molar-refractivity contribution >= 4 is 17.1 Å². The summed E-state index contributed by atoms with van der Waals surface area (Å²) >= 11 is 0. The molecular weight excluding hydrogens is 334 g/mol. The van der Waals surface area contributed by atoms with Gasteiger partial charge >= 0.3 is 5.69 Å². The van der Waals surface area contributed by atoms with Crippen molar-refractivity contribution in [3.8, 4) is 0 Å². The van der Waals surface area contributed by atoms with Crippen molar-refractivity contribution < 1.29 is 4.79 Å². The zero-order valence-corrected chi connectivity index (χ0v) is 15.0. The van der Waals surface area contributed by atoms with Crippen LogP contribution in [-0.4, -0.2) is 36.0 Å². The lowest BCUT2D eigenvalue weighted by Gasteiger charge is -2.21. The van der Waals surface area contributed by atoms with Gasteiger partial charge in [0, 0.05) is 27.2 Å². The predicted octanol–water partition coefficient (Wildman–Crippen LogP) is 0.482. The maximum absolute atomic E-state index is 12.7. The molecule has 0 aliphatic carbocycles. The van der Waals surface area contributed by atoms with E-state index in [0.717, 1.165) is 10.1 Å². The summed E-state index contributed by atoms with van der Waals surface area (Å²) in [5.41, 5.74) is 0.657. The molecule has 8 nitrogen and oxygen atoms in total. The van der Waals surface area contributed by atoms with E-state index >= 15 is 0 Å². The summed E-state index contributed by atoms with van der Waals surface area (Å²) in [5.74, 6) is -0.119. The number of amides is 1. The first-order valence-electron chi connectivity index (χ1n) is 8.36. The molecular formula is C18H21N5O3. The summed E-state index contributed by atoms with van der Waals surface area (Å²) in [4.78, 5) is 43.1. The predicted molar refractivity (Wildman–Crippen MR) is 97.7 cm³/mol. The van der Waals surface area contributed by atoms with Crippen molar-refractivity contribution in [1.29, 1.82) is 0 Å². The number of aromatic nitrogens is 4. The van der Waals surface area contributed by atoms with Crippen molar-refractivity contribution in [2.45, 2.75) is 20.0 Å². The molecule has 8 heteroatoms. The van der Waals surface area contributed by atoms with E-state index in [1.54, 1.807) is 11.9 Å². The molecule has 0 radical (unpaired) electrons. The lowest BCUT2D eigenvalue weighted by Crippen LogP contribution is -2.38. The van der Waals surface area contributed by atoms with Gasteiger partial charge in [-0.15, -0.1) is 0 Å². The normalized spacial score (nSPS) is 11.0. The van der Waals surface area contributed by atoms with Gasteiger partial charge in [-0.25, -0.2) is 9.78 Å². The third-order valence-corrected chi connectivity index (χ3v) is 4.47. The molecule has 0 spiro atoms. The molecule has 1 amide bonds. The van der Waals surface area contributed by atoms with E-state index in [1.807, 2.05) is 37.3 Å². The van der Waals surface area contributed by atoms with Crippen LogP contribution in [0.25, 0.3) is 11.2 Å². The second-order valence-electron chi connectivity index (χ2n) is 6.14. The summed E-state index contributed by atoms with van der Waals surface area (Å²) in [6, 6.07) is 9.73. The monoisotopic (exact) mass is 355 g/mol. The number of carbonyl (C=O) groups is 1. The van der Waals surface area contributed by atoms with Crippen LogP contribution >= 0.6 is 0 Å². The molecule has 136 valence electrons. The van der Waals surface area contributed by atoms with Crippen LogP contribution in [0.3, 0.4) is 0 Å². The highest BCUT2D eigenvalue weighted by molar-refractivity contribution is 5.79. The second kappa shape index (κ2) is 6.99. The van der Waals surface area contributed by atoms with E-state index in [4.69, 9.17) is 0 Å². The Kier molecular flexibility index (Phi) is 4.75. The van der Waals surface area contributed by atoms with Crippen molar-refractivity contribution in [2.75, 3.05) is 6.54 Å². The molecule has 0 unspecified atom stereocenters. The van der Waals surface area contributed by atoms with Gasteiger partial charge in [0.2, 0.25) is 5.91 Å². The van der Waals surface area contributed by atoms with Crippen molar-refractivity contribution in [2.24, 2.45) is 14.1 Å². The van der Waals surface area contributed by atoms with Crippen LogP contribution < -0.4 is 11.2 Å². The minimum atomic E-state index is -0.459. The molecule has 3 rings (SSSR count). The SMILES string of the molecule is CCN(Cc1ccccc1)C(=O)Cn1cnc2c1c(=O)n(C)c(=O)n2C. The number of benzene rings is 1. The van der Waals surface area contributed by atoms with Gasteiger partial charge in [0.25, 0.3) is 5.56 Å². The van der Waals surface area contributed by atoms with Gasteiger partial charge in [-0.1, -0.05) is 30.3 Å². The highest BCUT2D eigenvalue weighted by Gasteiger charge is 2.18. The van der Waals surface area contributed by atoms with Gasteiger partial charge in [-0.3, -0.25) is 18.7 Å². The van der Waals surface area contributed by atoms with E-state index in [9.17, 15) is 14.4 Å². The van der Waals surface area contributed by atoms with E-state index in [-0.39, 0.29) is 23.6 Å². The maximum Gasteiger partial charge on any atom is 0.332 e. The Morgan fingerprint density at radius 2 is 1.81 bits per heavy atom. The molecule has 0 bridgehead atoms. The van der Waals surface area contributed by atoms with E-state index in [1.165, 1.54) is 22.5 Å². The van der Waals surface area contributed by atoms with Gasteiger partial charge in [0.1, 0.15) is 6.54 Å². The Morgan fingerprint density at radius 1 is 1.12 bits per heavy atom. The fourth-order valence-corrected chi connectivity index (χ4v) is 2.94. The van der Waals surface area contributed by atoms with Gasteiger partial charge in [-0.2, -0.15) is 0 Å². The standard InChI is InChI=1S/C18H21N5O3/c1-4-22(10-13-8-6-5-7-9-13)14(24)11-23-12-19-16-15(23)17(25)21(3)18(26)20(16)2/h5-9,12H,4,10-11H2,1-3H3. The van der Waals surface area contributed by atoms with Crippen LogP contribution in [0.15, 0.2) is 46.2 Å². The lowest BCUT2D eigenvalue weighted by atomic mass is 10.2. The Balaban J connectivity index is 1.92. The first kappa shape index (κ1) is 17.7. The zero-order valence-electron chi connectivity index (χ0n) is 15.0. The topological polar surface area (TPSA) is 82.1 Å². The van der Waals surface area contributed by atoms with Gasteiger partial charge in [0.15, 0.2) is 11.2 Å². The number of hydrogen-bond acceptors (Lipinski definition) is 4. The summed E-state index contributed by atoms with van der Waals surface area (Å²) in [6.07, 6.45) is 1.43. The molecule has 0 aliphatic rings. The van der Waals surface area contributed by atoms with Crippen LogP contribution in [0.5, 0.6) is 0 Å². The zero-order chi connectivity index (χ0) is 18.8. The minimum Gasteiger partial charge on any atom is -0.337 e. The van der Waals surface area contributed by atoms with E-state index in [0.29, 0.717) is 13.1 Å². The maximum atomic E-state index is 12.7. The molecule has 0 saturated carbocycles. The smallest absolute Gasteiger partial charge is 0.332 e. The number of fused-ring (bicyclic) bond motifs is 1. The first-order valence-corrected chi connectivity index (χ1v) is 8.36. The second-order valence-corrected chi connectivity index (χ2v) is 6.14. The number of imidazole rings is 1. The lowest BCUT2D eigenvalue weighted by molar-refractivity contribution is -0.132. The van der Waals surface area contributed by atoms with Crippen molar-refractivity contribution in [1.82, 2.24) is 23.6 Å². The van der Waals surface area contributed by atoms with Crippen LogP contribution in [0, 0.1) is 0 Å². The van der Waals surface area contributed by atoms with Crippen LogP contribution in [0.4, 0.5) is 0 Å². The molecule has 26 heavy (non-hydrogen) atoms. The molecule has 0 N–H and O–H groups in total. The van der Waals surface area contributed by atoms with E-state index < -0.39 is 11.2 Å². The van der Waals surface area contributed by atoms with Crippen LogP contribution in [0.1, 0.15) is 12.5 Å². The van der Waals surface area contributed by atoms with Gasteiger partial charge in [0.05, 0.1) is 6.33 Å². The largest absolute Gasteiger partial charge is 0.337 e. The fraction of sp³-hybridized carbons (Fsp3) is 0.333. The van der Waals surface area contributed by atoms with E-state index in [2.05, 4.69) is 4.98 Å². The van der Waals surface area contributed by atoms with Crippen LogP contribution in [0.2, 0.25) is 0 Å². The van der Waals surface area contributed by atoms with Crippen molar-refractivity contribution in [3.05, 3.63) is 63.1 Å². The van der Waals surface area contributed by atoms with Crippen molar-refractivity contribution in [3.63, 3.8) is 0 Å². The Hall–Kier alpha value is -3.16. The number of nitrogens with zero attached hydrogens (tertiary/aromatic N) is 5. The number of aryl methyl sites for hydroxylation is 1. The summed E-state index contributed by atoms with van der Waals surface area (Å²) in [5, 5.41) is 0. The Bertz CT molecular complexity index is 1060. The third kappa shape index (κ3) is 3.05. The third-order valence-electron chi connectivity index (χ3n) is 4.47. The molecule has 0 saturated heterocycles. The number of rotatable bonds is 5. The highest BCUT2D eigenvalue weighted by Crippen LogP contribution is 2.09. The molecule has 1 aromatic carbocycles. The molecule has 0 fully saturated rings. The molecule has 2 aromatic heterocycles. The van der Waals surface area contributed by atoms with Gasteiger partial charge < -0.3 is 9.47 Å². The molecule has 2 heterocycles.